The Morgan fingerprint density at radius 2 is 1.90 bits per heavy atom. The smallest absolute Gasteiger partial charge is 0.173 e. The SMILES string of the molecule is N/C(=N/O)c1cccc(CNCc2cccc(F)c2)c1F. The van der Waals surface area contributed by atoms with Crippen LogP contribution in [-0.4, -0.2) is 11.0 Å². The monoisotopic (exact) mass is 291 g/mol. The van der Waals surface area contributed by atoms with Gasteiger partial charge in [-0.05, 0) is 23.8 Å². The lowest BCUT2D eigenvalue weighted by molar-refractivity contribution is 0.318. The third kappa shape index (κ3) is 3.76. The van der Waals surface area contributed by atoms with Crippen LogP contribution >= 0.6 is 0 Å². The molecule has 0 saturated carbocycles. The number of nitrogens with two attached hydrogens (primary N) is 1. The van der Waals surface area contributed by atoms with Gasteiger partial charge in [-0.2, -0.15) is 0 Å². The molecule has 0 unspecified atom stereocenters. The van der Waals surface area contributed by atoms with Crippen molar-refractivity contribution in [2.75, 3.05) is 0 Å². The van der Waals surface area contributed by atoms with E-state index in [1.165, 1.54) is 18.2 Å². The van der Waals surface area contributed by atoms with Gasteiger partial charge in [0.25, 0.3) is 0 Å². The molecule has 4 nitrogen and oxygen atoms in total. The highest BCUT2D eigenvalue weighted by Gasteiger charge is 2.11. The molecule has 2 aromatic rings. The van der Waals surface area contributed by atoms with Crippen LogP contribution in [0.3, 0.4) is 0 Å². The lowest BCUT2D eigenvalue weighted by Crippen LogP contribution is -2.18. The number of amidine groups is 1. The Hall–Kier alpha value is -2.47. The highest BCUT2D eigenvalue weighted by molar-refractivity contribution is 5.97. The molecule has 2 aromatic carbocycles. The molecule has 0 aliphatic heterocycles. The van der Waals surface area contributed by atoms with E-state index >= 15 is 0 Å². The van der Waals surface area contributed by atoms with Crippen LogP contribution < -0.4 is 11.1 Å². The first kappa shape index (κ1) is 14.9. The number of hydrogen-bond acceptors (Lipinski definition) is 3. The fourth-order valence-electron chi connectivity index (χ4n) is 1.96. The van der Waals surface area contributed by atoms with Gasteiger partial charge in [0.05, 0.1) is 5.56 Å². The molecule has 2 rings (SSSR count). The quantitative estimate of drug-likeness (QED) is 0.343. The molecule has 0 aromatic heterocycles. The van der Waals surface area contributed by atoms with Crippen LogP contribution in [0, 0.1) is 11.6 Å². The van der Waals surface area contributed by atoms with Crippen molar-refractivity contribution in [1.29, 1.82) is 0 Å². The van der Waals surface area contributed by atoms with E-state index < -0.39 is 5.82 Å². The number of hydrogen-bond donors (Lipinski definition) is 3. The third-order valence-corrected chi connectivity index (χ3v) is 3.00. The van der Waals surface area contributed by atoms with Crippen molar-refractivity contribution < 1.29 is 14.0 Å². The van der Waals surface area contributed by atoms with Crippen LogP contribution in [0.2, 0.25) is 0 Å². The van der Waals surface area contributed by atoms with E-state index in [9.17, 15) is 8.78 Å². The van der Waals surface area contributed by atoms with Crippen LogP contribution in [-0.2, 0) is 13.1 Å². The molecule has 0 saturated heterocycles. The first-order valence-electron chi connectivity index (χ1n) is 6.32. The Morgan fingerprint density at radius 3 is 2.62 bits per heavy atom. The Balaban J connectivity index is 2.04. The maximum Gasteiger partial charge on any atom is 0.173 e. The van der Waals surface area contributed by atoms with Gasteiger partial charge in [-0.1, -0.05) is 29.4 Å². The van der Waals surface area contributed by atoms with Crippen molar-refractivity contribution in [1.82, 2.24) is 5.32 Å². The van der Waals surface area contributed by atoms with Crippen LogP contribution in [0.15, 0.2) is 47.6 Å². The molecule has 6 heteroatoms. The van der Waals surface area contributed by atoms with Gasteiger partial charge in [0, 0.05) is 18.7 Å². The summed E-state index contributed by atoms with van der Waals surface area (Å²) in [6, 6.07) is 10.8. The lowest BCUT2D eigenvalue weighted by Gasteiger charge is -2.09. The Kier molecular flexibility index (Phi) is 4.84. The standard InChI is InChI=1S/C15H15F2N3O/c16-12-5-1-3-10(7-12)8-19-9-11-4-2-6-13(14(11)17)15(18)20-21/h1-7,19,21H,8-9H2,(H2,18,20). The van der Waals surface area contributed by atoms with Gasteiger partial charge < -0.3 is 16.3 Å². The van der Waals surface area contributed by atoms with Gasteiger partial charge in [0.15, 0.2) is 5.84 Å². The van der Waals surface area contributed by atoms with Gasteiger partial charge >= 0.3 is 0 Å². The van der Waals surface area contributed by atoms with E-state index in [4.69, 9.17) is 10.9 Å². The zero-order valence-electron chi connectivity index (χ0n) is 11.2. The summed E-state index contributed by atoms with van der Waals surface area (Å²) in [5, 5.41) is 14.4. The van der Waals surface area contributed by atoms with Gasteiger partial charge in [-0.3, -0.25) is 0 Å². The zero-order chi connectivity index (χ0) is 15.2. The molecule has 0 amide bonds. The lowest BCUT2D eigenvalue weighted by atomic mass is 10.1. The van der Waals surface area contributed by atoms with Crippen molar-refractivity contribution in [3.8, 4) is 0 Å². The van der Waals surface area contributed by atoms with E-state index in [1.54, 1.807) is 24.3 Å². The maximum absolute atomic E-state index is 14.1. The minimum Gasteiger partial charge on any atom is -0.409 e. The normalized spacial score (nSPS) is 11.6. The number of oxime groups is 1. The fourth-order valence-corrected chi connectivity index (χ4v) is 1.96. The highest BCUT2D eigenvalue weighted by Crippen LogP contribution is 2.13. The van der Waals surface area contributed by atoms with Crippen molar-refractivity contribution in [3.05, 3.63) is 70.8 Å². The molecule has 0 aliphatic carbocycles. The van der Waals surface area contributed by atoms with Crippen LogP contribution in [0.1, 0.15) is 16.7 Å². The predicted molar refractivity (Wildman–Crippen MR) is 75.9 cm³/mol. The summed E-state index contributed by atoms with van der Waals surface area (Å²) >= 11 is 0. The van der Waals surface area contributed by atoms with E-state index in [1.807, 2.05) is 0 Å². The Morgan fingerprint density at radius 1 is 1.14 bits per heavy atom. The molecule has 4 N–H and O–H groups in total. The molecule has 110 valence electrons. The number of nitrogens with one attached hydrogen (secondary N) is 1. The summed E-state index contributed by atoms with van der Waals surface area (Å²) in [6.45, 7) is 0.653. The molecule has 0 aliphatic rings. The average Bonchev–Trinajstić information content (AvgIpc) is 2.48. The predicted octanol–water partition coefficient (Wildman–Crippen LogP) is 2.35. The molecule has 0 bridgehead atoms. The van der Waals surface area contributed by atoms with Crippen molar-refractivity contribution >= 4 is 5.84 Å². The van der Waals surface area contributed by atoms with Crippen LogP contribution in [0.5, 0.6) is 0 Å². The summed E-state index contributed by atoms with van der Waals surface area (Å²) in [5.41, 5.74) is 6.59. The summed E-state index contributed by atoms with van der Waals surface area (Å²) in [4.78, 5) is 0. The highest BCUT2D eigenvalue weighted by atomic mass is 19.1. The molecular weight excluding hydrogens is 276 g/mol. The minimum absolute atomic E-state index is 0.0440. The van der Waals surface area contributed by atoms with Crippen LogP contribution in [0.25, 0.3) is 0 Å². The molecule has 0 fully saturated rings. The average molecular weight is 291 g/mol. The summed E-state index contributed by atoms with van der Waals surface area (Å²) in [7, 11) is 0. The Labute approximate surface area is 120 Å². The molecule has 21 heavy (non-hydrogen) atoms. The van der Waals surface area contributed by atoms with Gasteiger partial charge in [-0.25, -0.2) is 8.78 Å². The third-order valence-electron chi connectivity index (χ3n) is 3.00. The van der Waals surface area contributed by atoms with Crippen LogP contribution in [0.4, 0.5) is 8.78 Å². The minimum atomic E-state index is -0.542. The second-order valence-electron chi connectivity index (χ2n) is 4.50. The topological polar surface area (TPSA) is 70.6 Å². The van der Waals surface area contributed by atoms with Crippen molar-refractivity contribution in [3.63, 3.8) is 0 Å². The molecule has 0 radical (unpaired) electrons. The molecule has 0 heterocycles. The molecular formula is C15H15F2N3O. The largest absolute Gasteiger partial charge is 0.409 e. The van der Waals surface area contributed by atoms with E-state index in [0.717, 1.165) is 5.56 Å². The second kappa shape index (κ2) is 6.81. The van der Waals surface area contributed by atoms with E-state index in [2.05, 4.69) is 10.5 Å². The first-order chi connectivity index (χ1) is 10.1. The number of benzene rings is 2. The first-order valence-corrected chi connectivity index (χ1v) is 6.32. The number of rotatable bonds is 5. The van der Waals surface area contributed by atoms with Crippen molar-refractivity contribution in [2.24, 2.45) is 10.9 Å². The van der Waals surface area contributed by atoms with Crippen molar-refractivity contribution in [2.45, 2.75) is 13.1 Å². The van der Waals surface area contributed by atoms with E-state index in [0.29, 0.717) is 12.1 Å². The number of nitrogens with zero attached hydrogens (tertiary/aromatic N) is 1. The molecule has 0 atom stereocenters. The Bertz CT molecular complexity index is 659. The zero-order valence-corrected chi connectivity index (χ0v) is 11.2. The second-order valence-corrected chi connectivity index (χ2v) is 4.50. The van der Waals surface area contributed by atoms with Gasteiger partial charge in [0.2, 0.25) is 0 Å². The molecule has 0 spiro atoms. The number of halogens is 2. The van der Waals surface area contributed by atoms with Gasteiger partial charge in [0.1, 0.15) is 11.6 Å². The maximum atomic E-state index is 14.1. The summed E-state index contributed by atoms with van der Waals surface area (Å²) in [6.07, 6.45) is 0. The van der Waals surface area contributed by atoms with E-state index in [-0.39, 0.29) is 23.8 Å². The van der Waals surface area contributed by atoms with Gasteiger partial charge in [-0.15, -0.1) is 0 Å². The summed E-state index contributed by atoms with van der Waals surface area (Å²) in [5.74, 6) is -1.13. The summed E-state index contributed by atoms with van der Waals surface area (Å²) < 4.78 is 27.2. The fraction of sp³-hybridized carbons (Fsp3) is 0.133.